The maximum Gasteiger partial charge on any atom is 0.419 e. The molecule has 1 aromatic carbocycles. The number of rotatable bonds is 3. The minimum atomic E-state index is -0.782. The van der Waals surface area contributed by atoms with Crippen molar-refractivity contribution in [3.05, 3.63) is 46.2 Å². The van der Waals surface area contributed by atoms with Crippen molar-refractivity contribution < 1.29 is 19.1 Å². The molecule has 2 rings (SSSR count). The summed E-state index contributed by atoms with van der Waals surface area (Å²) >= 11 is 0. The molecule has 1 N–H and O–H groups in total. The number of carbonyl (C=O) groups is 2. The number of nitrogens with zero attached hydrogens (tertiary/aromatic N) is 1. The molecule has 1 heterocycles. The highest BCUT2D eigenvalue weighted by Crippen LogP contribution is 2.18. The summed E-state index contributed by atoms with van der Waals surface area (Å²) in [5.41, 5.74) is -0.320. The van der Waals surface area contributed by atoms with Crippen LogP contribution in [0.25, 0.3) is 10.9 Å². The van der Waals surface area contributed by atoms with Gasteiger partial charge >= 0.3 is 12.2 Å². The van der Waals surface area contributed by atoms with Crippen LogP contribution in [0.5, 0.6) is 0 Å². The molecule has 0 unspecified atom stereocenters. The van der Waals surface area contributed by atoms with Gasteiger partial charge in [0.1, 0.15) is 11.2 Å². The van der Waals surface area contributed by atoms with Gasteiger partial charge in [-0.25, -0.2) is 14.5 Å². The molecule has 152 valence electrons. The summed E-state index contributed by atoms with van der Waals surface area (Å²) < 4.78 is 10.7. The highest BCUT2D eigenvalue weighted by Gasteiger charge is 2.31. The fourth-order valence-corrected chi connectivity index (χ4v) is 2.61. The summed E-state index contributed by atoms with van der Waals surface area (Å²) in [6, 6.07) is 8.86. The number of H-pyrrole nitrogens is 1. The van der Waals surface area contributed by atoms with Gasteiger partial charge in [0.15, 0.2) is 0 Å². The Kier molecular flexibility index (Phi) is 6.17. The Hall–Kier alpha value is -2.83. The lowest BCUT2D eigenvalue weighted by Crippen LogP contribution is -2.44. The average molecular weight is 388 g/mol. The first-order chi connectivity index (χ1) is 12.9. The lowest BCUT2D eigenvalue weighted by Gasteiger charge is -2.28. The normalized spacial score (nSPS) is 11.9. The fourth-order valence-electron chi connectivity index (χ4n) is 2.61. The Morgan fingerprint density at radius 2 is 1.50 bits per heavy atom. The van der Waals surface area contributed by atoms with Gasteiger partial charge in [0, 0.05) is 23.5 Å². The van der Waals surface area contributed by atoms with E-state index in [2.05, 4.69) is 4.98 Å². The van der Waals surface area contributed by atoms with E-state index in [4.69, 9.17) is 9.47 Å². The second kappa shape index (κ2) is 8.04. The van der Waals surface area contributed by atoms with Gasteiger partial charge < -0.3 is 14.5 Å². The predicted molar refractivity (Wildman–Crippen MR) is 107 cm³/mol. The lowest BCUT2D eigenvalue weighted by atomic mass is 10.1. The van der Waals surface area contributed by atoms with E-state index >= 15 is 0 Å². The van der Waals surface area contributed by atoms with E-state index in [0.717, 1.165) is 15.8 Å². The van der Waals surface area contributed by atoms with Crippen LogP contribution in [0.2, 0.25) is 0 Å². The van der Waals surface area contributed by atoms with Crippen LogP contribution in [0.4, 0.5) is 9.59 Å². The first-order valence-corrected chi connectivity index (χ1v) is 9.20. The molecule has 0 fully saturated rings. The van der Waals surface area contributed by atoms with Crippen LogP contribution in [-0.2, 0) is 15.9 Å². The van der Waals surface area contributed by atoms with Crippen molar-refractivity contribution in [1.29, 1.82) is 0 Å². The largest absolute Gasteiger partial charge is 0.443 e. The standard InChI is InChI=1S/C21H28N2O5/c1-20(2,3)27-18(25)23(19(26)28-21(4,5)6)12-11-14-13-17(24)22-16-10-8-7-9-15(14)16/h7-10,13H,11-12H2,1-6H3,(H,22,24). The minimum Gasteiger partial charge on any atom is -0.443 e. The van der Waals surface area contributed by atoms with E-state index in [1.165, 1.54) is 6.07 Å². The monoisotopic (exact) mass is 388 g/mol. The van der Waals surface area contributed by atoms with Gasteiger partial charge in [-0.3, -0.25) is 4.79 Å². The number of amides is 2. The van der Waals surface area contributed by atoms with Crippen LogP contribution < -0.4 is 5.56 Å². The Labute approximate surface area is 164 Å². The number of nitrogens with one attached hydrogen (secondary N) is 1. The number of ether oxygens (including phenoxy) is 2. The van der Waals surface area contributed by atoms with Crippen LogP contribution in [0, 0.1) is 0 Å². The van der Waals surface area contributed by atoms with E-state index in [1.807, 2.05) is 18.2 Å². The second-order valence-corrected chi connectivity index (χ2v) is 8.57. The topological polar surface area (TPSA) is 88.7 Å². The molecule has 2 amide bonds. The molecule has 0 aliphatic rings. The minimum absolute atomic E-state index is 0.0251. The summed E-state index contributed by atoms with van der Waals surface area (Å²) in [6.07, 6.45) is -1.27. The van der Waals surface area contributed by atoms with Crippen molar-refractivity contribution in [2.24, 2.45) is 0 Å². The van der Waals surface area contributed by atoms with E-state index in [1.54, 1.807) is 47.6 Å². The van der Waals surface area contributed by atoms with Gasteiger partial charge in [-0.15, -0.1) is 0 Å². The maximum absolute atomic E-state index is 12.6. The number of aromatic nitrogens is 1. The summed E-state index contributed by atoms with van der Waals surface area (Å²) in [5.74, 6) is 0. The molecule has 28 heavy (non-hydrogen) atoms. The molecule has 0 bridgehead atoms. The van der Waals surface area contributed by atoms with E-state index in [-0.39, 0.29) is 12.1 Å². The molecular formula is C21H28N2O5. The van der Waals surface area contributed by atoms with E-state index in [0.29, 0.717) is 11.9 Å². The Morgan fingerprint density at radius 3 is 2.04 bits per heavy atom. The van der Waals surface area contributed by atoms with Gasteiger partial charge in [0.2, 0.25) is 5.56 Å². The van der Waals surface area contributed by atoms with Crippen molar-refractivity contribution in [3.8, 4) is 0 Å². The van der Waals surface area contributed by atoms with Gasteiger partial charge in [-0.2, -0.15) is 0 Å². The molecule has 0 spiro atoms. The zero-order valence-corrected chi connectivity index (χ0v) is 17.3. The number of imide groups is 1. The maximum atomic E-state index is 12.6. The first kappa shape index (κ1) is 21.5. The molecular weight excluding hydrogens is 360 g/mol. The Balaban J connectivity index is 2.29. The molecule has 0 aliphatic heterocycles. The predicted octanol–water partition coefficient (Wildman–Crippen LogP) is 4.24. The molecule has 7 nitrogen and oxygen atoms in total. The molecule has 0 saturated heterocycles. The smallest absolute Gasteiger partial charge is 0.419 e. The molecule has 0 saturated carbocycles. The van der Waals surface area contributed by atoms with Crippen LogP contribution >= 0.6 is 0 Å². The molecule has 0 aliphatic carbocycles. The number of pyridine rings is 1. The van der Waals surface area contributed by atoms with Crippen molar-refractivity contribution in [3.63, 3.8) is 0 Å². The zero-order valence-electron chi connectivity index (χ0n) is 17.3. The fraction of sp³-hybridized carbons (Fsp3) is 0.476. The summed E-state index contributed by atoms with van der Waals surface area (Å²) in [4.78, 5) is 40.8. The van der Waals surface area contributed by atoms with Crippen LogP contribution in [0.3, 0.4) is 0 Å². The highest BCUT2D eigenvalue weighted by molar-refractivity contribution is 5.88. The number of benzene rings is 1. The van der Waals surface area contributed by atoms with Crippen molar-refractivity contribution in [2.75, 3.05) is 6.54 Å². The molecule has 1 aromatic heterocycles. The quantitative estimate of drug-likeness (QED) is 0.849. The average Bonchev–Trinajstić information content (AvgIpc) is 2.51. The number of fused-ring (bicyclic) bond motifs is 1. The van der Waals surface area contributed by atoms with Gasteiger partial charge in [0.25, 0.3) is 0 Å². The molecule has 2 aromatic rings. The van der Waals surface area contributed by atoms with Gasteiger partial charge in [0.05, 0.1) is 0 Å². The summed E-state index contributed by atoms with van der Waals surface area (Å²) in [5, 5.41) is 0.857. The van der Waals surface area contributed by atoms with Crippen LogP contribution in [0.15, 0.2) is 35.1 Å². The first-order valence-electron chi connectivity index (χ1n) is 9.20. The van der Waals surface area contributed by atoms with E-state index < -0.39 is 23.4 Å². The lowest BCUT2D eigenvalue weighted by molar-refractivity contribution is 0.00172. The van der Waals surface area contributed by atoms with Crippen molar-refractivity contribution in [2.45, 2.75) is 59.2 Å². The Bertz CT molecular complexity index is 891. The third kappa shape index (κ3) is 6.11. The highest BCUT2D eigenvalue weighted by atomic mass is 16.6. The SMILES string of the molecule is CC(C)(C)OC(=O)N(CCc1cc(=O)[nH]c2ccccc12)C(=O)OC(C)(C)C. The number of para-hydroxylation sites is 1. The number of carbonyl (C=O) groups excluding carboxylic acids is 2. The third-order valence-corrected chi connectivity index (χ3v) is 3.67. The summed E-state index contributed by atoms with van der Waals surface area (Å²) in [7, 11) is 0. The number of aromatic amines is 1. The molecule has 7 heteroatoms. The summed E-state index contributed by atoms with van der Waals surface area (Å²) in [6.45, 7) is 10.4. The van der Waals surface area contributed by atoms with Gasteiger partial charge in [-0.1, -0.05) is 18.2 Å². The van der Waals surface area contributed by atoms with Crippen molar-refractivity contribution in [1.82, 2.24) is 9.88 Å². The van der Waals surface area contributed by atoms with Crippen LogP contribution in [-0.4, -0.2) is 39.8 Å². The number of hydrogen-bond acceptors (Lipinski definition) is 5. The second-order valence-electron chi connectivity index (χ2n) is 8.57. The Morgan fingerprint density at radius 1 is 0.964 bits per heavy atom. The van der Waals surface area contributed by atoms with E-state index in [9.17, 15) is 14.4 Å². The molecule has 0 radical (unpaired) electrons. The van der Waals surface area contributed by atoms with Gasteiger partial charge in [-0.05, 0) is 59.6 Å². The van der Waals surface area contributed by atoms with Crippen molar-refractivity contribution >= 4 is 23.1 Å². The molecule has 0 atom stereocenters. The number of hydrogen-bond donors (Lipinski definition) is 1. The van der Waals surface area contributed by atoms with Crippen LogP contribution in [0.1, 0.15) is 47.1 Å². The third-order valence-electron chi connectivity index (χ3n) is 3.67. The zero-order chi connectivity index (χ0) is 21.1.